The molecule has 0 atom stereocenters. The number of amides is 1. The highest BCUT2D eigenvalue weighted by Gasteiger charge is 2.35. The number of hydrogen-bond donors (Lipinski definition) is 1. The number of likely N-dealkylation sites (tertiary alicyclic amines) is 1. The third kappa shape index (κ3) is 2.42. The number of nitrogens with zero attached hydrogens (tertiary/aromatic N) is 3. The van der Waals surface area contributed by atoms with Gasteiger partial charge in [0.1, 0.15) is 0 Å². The van der Waals surface area contributed by atoms with E-state index in [4.69, 9.17) is 5.11 Å². The third-order valence-electron chi connectivity index (χ3n) is 3.21. The lowest BCUT2D eigenvalue weighted by Crippen LogP contribution is -2.50. The van der Waals surface area contributed by atoms with E-state index in [0.717, 1.165) is 0 Å². The number of rotatable bonds is 4. The molecule has 0 bridgehead atoms. The molecule has 0 radical (unpaired) electrons. The normalized spacial score (nSPS) is 15.1. The number of carbonyl (C=O) groups excluding carboxylic acids is 1. The van der Waals surface area contributed by atoms with Gasteiger partial charge in [-0.2, -0.15) is 0 Å². The molecule has 1 amide bonds. The molecule has 0 unspecified atom stereocenters. The summed E-state index contributed by atoms with van der Waals surface area (Å²) in [6.45, 7) is 0.758. The summed E-state index contributed by atoms with van der Waals surface area (Å²) in [5.74, 6) is -1.37. The van der Waals surface area contributed by atoms with Crippen LogP contribution in [0.2, 0.25) is 0 Å². The molecule has 1 saturated heterocycles. The number of aliphatic carboxylic acids is 1. The zero-order chi connectivity index (χ0) is 14.2. The minimum Gasteiger partial charge on any atom is -0.481 e. The molecular formula is C11H13N3O5. The van der Waals surface area contributed by atoms with E-state index >= 15 is 0 Å². The fourth-order valence-electron chi connectivity index (χ4n) is 2.17. The summed E-state index contributed by atoms with van der Waals surface area (Å²) >= 11 is 0. The molecule has 1 aromatic rings. The molecule has 2 heterocycles. The lowest BCUT2D eigenvalue weighted by molar-refractivity contribution is -0.391. The van der Waals surface area contributed by atoms with E-state index < -0.39 is 10.9 Å². The van der Waals surface area contributed by atoms with Crippen molar-refractivity contribution in [1.29, 1.82) is 0 Å². The SMILES string of the molecule is Cn1c(C(=O)N2CC(CC(=O)O)C2)ccc1[N+](=O)[O-]. The number of hydrogen-bond acceptors (Lipinski definition) is 4. The van der Waals surface area contributed by atoms with Crippen LogP contribution >= 0.6 is 0 Å². The number of carbonyl (C=O) groups is 2. The quantitative estimate of drug-likeness (QED) is 0.630. The van der Waals surface area contributed by atoms with Gasteiger partial charge in [0, 0.05) is 25.1 Å². The van der Waals surface area contributed by atoms with Crippen molar-refractivity contribution in [2.45, 2.75) is 6.42 Å². The van der Waals surface area contributed by atoms with E-state index in [1.165, 1.54) is 28.6 Å². The molecule has 0 saturated carbocycles. The van der Waals surface area contributed by atoms with Gasteiger partial charge in [-0.1, -0.05) is 0 Å². The van der Waals surface area contributed by atoms with E-state index in [0.29, 0.717) is 13.1 Å². The second-order valence-corrected chi connectivity index (χ2v) is 4.57. The van der Waals surface area contributed by atoms with Gasteiger partial charge in [0.15, 0.2) is 5.69 Å². The van der Waals surface area contributed by atoms with Gasteiger partial charge < -0.3 is 20.1 Å². The van der Waals surface area contributed by atoms with Gasteiger partial charge in [-0.15, -0.1) is 0 Å². The molecule has 1 fully saturated rings. The molecule has 0 aromatic carbocycles. The summed E-state index contributed by atoms with van der Waals surface area (Å²) in [5, 5.41) is 19.3. The number of nitro groups is 1. The Morgan fingerprint density at radius 1 is 1.47 bits per heavy atom. The van der Waals surface area contributed by atoms with Crippen molar-refractivity contribution in [3.63, 3.8) is 0 Å². The summed E-state index contributed by atoms with van der Waals surface area (Å²) < 4.78 is 1.23. The maximum absolute atomic E-state index is 12.1. The van der Waals surface area contributed by atoms with E-state index in [1.54, 1.807) is 0 Å². The first-order valence-electron chi connectivity index (χ1n) is 5.71. The van der Waals surface area contributed by atoms with Crippen LogP contribution < -0.4 is 0 Å². The molecular weight excluding hydrogens is 254 g/mol. The minimum atomic E-state index is -0.883. The van der Waals surface area contributed by atoms with Gasteiger partial charge in [-0.3, -0.25) is 9.59 Å². The maximum Gasteiger partial charge on any atom is 0.323 e. The highest BCUT2D eigenvalue weighted by atomic mass is 16.6. The largest absolute Gasteiger partial charge is 0.481 e. The molecule has 0 aliphatic carbocycles. The number of carboxylic acid groups (broad SMARTS) is 1. The van der Waals surface area contributed by atoms with Gasteiger partial charge in [0.25, 0.3) is 5.91 Å². The number of aromatic nitrogens is 1. The lowest BCUT2D eigenvalue weighted by atomic mass is 9.96. The Balaban J connectivity index is 2.02. The summed E-state index contributed by atoms with van der Waals surface area (Å²) in [6, 6.07) is 2.69. The summed E-state index contributed by atoms with van der Waals surface area (Å²) in [5.41, 5.74) is 0.237. The van der Waals surface area contributed by atoms with E-state index in [2.05, 4.69) is 0 Å². The highest BCUT2D eigenvalue weighted by molar-refractivity contribution is 5.94. The van der Waals surface area contributed by atoms with Crippen molar-refractivity contribution in [3.05, 3.63) is 27.9 Å². The second-order valence-electron chi connectivity index (χ2n) is 4.57. The smallest absolute Gasteiger partial charge is 0.323 e. The molecule has 1 aromatic heterocycles. The molecule has 1 aliphatic heterocycles. The molecule has 1 aliphatic rings. The summed E-state index contributed by atoms with van der Waals surface area (Å²) in [4.78, 5) is 34.2. The standard InChI is InChI=1S/C11H13N3O5/c1-12-8(2-3-9(12)14(18)19)11(17)13-5-7(6-13)4-10(15)16/h2-3,7H,4-6H2,1H3,(H,15,16). The first-order valence-corrected chi connectivity index (χ1v) is 5.71. The number of carboxylic acids is 1. The lowest BCUT2D eigenvalue weighted by Gasteiger charge is -2.37. The van der Waals surface area contributed by atoms with Crippen molar-refractivity contribution in [1.82, 2.24) is 9.47 Å². The van der Waals surface area contributed by atoms with Gasteiger partial charge >= 0.3 is 11.8 Å². The first-order chi connectivity index (χ1) is 8.90. The van der Waals surface area contributed by atoms with Crippen LogP contribution in [0.3, 0.4) is 0 Å². The fraction of sp³-hybridized carbons (Fsp3) is 0.455. The molecule has 1 N–H and O–H groups in total. The van der Waals surface area contributed by atoms with Crippen molar-refractivity contribution >= 4 is 17.7 Å². The Kier molecular flexibility index (Phi) is 3.24. The van der Waals surface area contributed by atoms with Crippen LogP contribution in [0.15, 0.2) is 12.1 Å². The Bertz CT molecular complexity index is 545. The van der Waals surface area contributed by atoms with Gasteiger partial charge in [0.05, 0.1) is 13.5 Å². The highest BCUT2D eigenvalue weighted by Crippen LogP contribution is 2.23. The molecule has 0 spiro atoms. The fourth-order valence-corrected chi connectivity index (χ4v) is 2.17. The van der Waals surface area contributed by atoms with Gasteiger partial charge in [-0.25, -0.2) is 4.57 Å². The Labute approximate surface area is 108 Å². The minimum absolute atomic E-state index is 0.0308. The summed E-state index contributed by atoms with van der Waals surface area (Å²) in [6.07, 6.45) is 0.0388. The van der Waals surface area contributed by atoms with Gasteiger partial charge in [-0.05, 0) is 11.0 Å². The Morgan fingerprint density at radius 2 is 2.11 bits per heavy atom. The Morgan fingerprint density at radius 3 is 2.58 bits per heavy atom. The first kappa shape index (κ1) is 13.1. The van der Waals surface area contributed by atoms with Crippen LogP contribution in [0, 0.1) is 16.0 Å². The van der Waals surface area contributed by atoms with E-state index in [9.17, 15) is 19.7 Å². The zero-order valence-corrected chi connectivity index (χ0v) is 10.3. The van der Waals surface area contributed by atoms with Crippen LogP contribution in [-0.2, 0) is 11.8 Å². The van der Waals surface area contributed by atoms with Crippen molar-refractivity contribution < 1.29 is 19.6 Å². The molecule has 8 nitrogen and oxygen atoms in total. The molecule has 19 heavy (non-hydrogen) atoms. The second kappa shape index (κ2) is 4.71. The van der Waals surface area contributed by atoms with Crippen LogP contribution in [0.5, 0.6) is 0 Å². The van der Waals surface area contributed by atoms with Crippen LogP contribution in [0.25, 0.3) is 0 Å². The van der Waals surface area contributed by atoms with E-state index in [-0.39, 0.29) is 29.8 Å². The molecule has 102 valence electrons. The molecule has 2 rings (SSSR count). The molecule has 8 heteroatoms. The van der Waals surface area contributed by atoms with Crippen molar-refractivity contribution in [2.75, 3.05) is 13.1 Å². The van der Waals surface area contributed by atoms with E-state index in [1.807, 2.05) is 0 Å². The topological polar surface area (TPSA) is 106 Å². The third-order valence-corrected chi connectivity index (χ3v) is 3.21. The monoisotopic (exact) mass is 267 g/mol. The average molecular weight is 267 g/mol. The Hall–Kier alpha value is -2.38. The van der Waals surface area contributed by atoms with Crippen molar-refractivity contribution in [2.24, 2.45) is 13.0 Å². The van der Waals surface area contributed by atoms with Crippen LogP contribution in [0.1, 0.15) is 16.9 Å². The average Bonchev–Trinajstić information content (AvgIpc) is 2.63. The summed E-state index contributed by atoms with van der Waals surface area (Å²) in [7, 11) is 1.46. The van der Waals surface area contributed by atoms with Gasteiger partial charge in [0.2, 0.25) is 0 Å². The predicted molar refractivity (Wildman–Crippen MR) is 63.7 cm³/mol. The van der Waals surface area contributed by atoms with Crippen LogP contribution in [-0.4, -0.2) is 44.5 Å². The maximum atomic E-state index is 12.1. The van der Waals surface area contributed by atoms with Crippen LogP contribution in [0.4, 0.5) is 5.82 Å². The van der Waals surface area contributed by atoms with Crippen molar-refractivity contribution in [3.8, 4) is 0 Å². The zero-order valence-electron chi connectivity index (χ0n) is 10.3. The predicted octanol–water partition coefficient (Wildman–Crippen LogP) is 0.480.